The van der Waals surface area contributed by atoms with Crippen molar-refractivity contribution in [3.05, 3.63) is 85.1 Å². The summed E-state index contributed by atoms with van der Waals surface area (Å²) in [5.74, 6) is -3.51. The van der Waals surface area contributed by atoms with E-state index in [2.05, 4.69) is 72.8 Å². The number of amides is 1. The highest BCUT2D eigenvalue weighted by atomic mass is 31.2. The number of rotatable bonds is 20. The largest absolute Gasteiger partial charge is 0.459 e. The van der Waals surface area contributed by atoms with E-state index >= 15 is 0 Å². The normalized spacial score (nSPS) is 35.9. The number of pyridine rings is 1. The van der Waals surface area contributed by atoms with Gasteiger partial charge in [0.1, 0.15) is 41.8 Å². The maximum atomic E-state index is 14.8. The van der Waals surface area contributed by atoms with Crippen LogP contribution in [0.2, 0.25) is 0 Å². The van der Waals surface area contributed by atoms with E-state index < -0.39 is 102 Å². The van der Waals surface area contributed by atoms with Gasteiger partial charge in [0.15, 0.2) is 5.44 Å². The number of likely N-dealkylation sites (N-methyl/N-ethyl adjacent to an activating group) is 1. The van der Waals surface area contributed by atoms with Crippen molar-refractivity contribution < 1.29 is 58.8 Å². The highest BCUT2D eigenvalue weighted by molar-refractivity contribution is 7.95. The zero-order valence-corrected chi connectivity index (χ0v) is 52.1. The highest BCUT2D eigenvalue weighted by Gasteiger charge is 2.52. The van der Waals surface area contributed by atoms with Crippen molar-refractivity contribution in [1.82, 2.24) is 14.8 Å². The van der Waals surface area contributed by atoms with E-state index in [-0.39, 0.29) is 69.4 Å². The summed E-state index contributed by atoms with van der Waals surface area (Å²) in [5, 5.41) is 63.4. The molecular weight excluding hydrogens is 1050 g/mol. The van der Waals surface area contributed by atoms with Crippen LogP contribution < -0.4 is 16.0 Å². The van der Waals surface area contributed by atoms with Crippen LogP contribution in [-0.4, -0.2) is 177 Å². The molecule has 1 aromatic heterocycles. The number of carbonyl (C=O) groups excluding carboxylic acids is 2. The van der Waals surface area contributed by atoms with Gasteiger partial charge in [0, 0.05) is 44.8 Å². The zero-order valence-electron chi connectivity index (χ0n) is 51.2. The molecule has 454 valence electrons. The Morgan fingerprint density at radius 3 is 2.02 bits per heavy atom. The first-order valence-electron chi connectivity index (χ1n) is 30.3. The fraction of sp³-hybridized carbons (Fsp3) is 0.708. The third kappa shape index (κ3) is 16.1. The number of esters is 1. The molecule has 15 nitrogen and oxygen atoms in total. The summed E-state index contributed by atoms with van der Waals surface area (Å²) in [6.07, 6.45) is 2.96. The third-order valence-corrected chi connectivity index (χ3v) is 23.3. The number of cyclic esters (lactones) is 1. The zero-order chi connectivity index (χ0) is 59.5. The lowest BCUT2D eigenvalue weighted by Gasteiger charge is -2.47. The van der Waals surface area contributed by atoms with Crippen molar-refractivity contribution >= 4 is 35.2 Å². The summed E-state index contributed by atoms with van der Waals surface area (Å²) in [6, 6.07) is 26.7. The SMILES string of the molecule is CC[C@H]1OC(=O)[C@H](C)[C@@H](COC[C@H]2C[C@@](C)(OC)[C@@H](O)[C@H](C)O2)[C@H](C)[C@@H](C[C@@H]2O[C@H](C)C[C@H](N(C)C)[C@H]2O)[C@](C)(O)C[C@@H](C)CN(C(=O)CCCCCCC[P+](c2ccccc2)(c2ccccc2)c2ccccn2)[C@H](C)[C@@H](O)[C@]1(C)O. The number of benzene rings is 2. The second kappa shape index (κ2) is 29.6. The molecule has 0 spiro atoms. The minimum atomic E-state index is -2.07. The number of methoxy groups -OCH3 is 1. The topological polar surface area (TPSA) is 201 Å². The number of ether oxygens (including phenoxy) is 5. The first kappa shape index (κ1) is 66.7. The van der Waals surface area contributed by atoms with Gasteiger partial charge in [-0.05, 0) is 155 Å². The molecule has 16 heteroatoms. The van der Waals surface area contributed by atoms with Crippen molar-refractivity contribution in [2.75, 3.05) is 47.1 Å². The van der Waals surface area contributed by atoms with E-state index in [9.17, 15) is 35.1 Å². The number of aromatic nitrogens is 1. The van der Waals surface area contributed by atoms with Gasteiger partial charge < -0.3 is 59.0 Å². The predicted molar refractivity (Wildman–Crippen MR) is 321 cm³/mol. The number of nitrogens with zero attached hydrogens (tertiary/aromatic N) is 3. The lowest BCUT2D eigenvalue weighted by molar-refractivity contribution is -0.224. The number of carbonyl (C=O) groups is 2. The summed E-state index contributed by atoms with van der Waals surface area (Å²) in [7, 11) is 3.39. The highest BCUT2D eigenvalue weighted by Crippen LogP contribution is 2.55. The Labute approximate surface area is 486 Å². The fourth-order valence-electron chi connectivity index (χ4n) is 14.0. The van der Waals surface area contributed by atoms with Crippen LogP contribution in [0.15, 0.2) is 85.1 Å². The van der Waals surface area contributed by atoms with E-state index in [1.165, 1.54) is 17.5 Å². The van der Waals surface area contributed by atoms with Crippen molar-refractivity contribution in [3.8, 4) is 0 Å². The summed E-state index contributed by atoms with van der Waals surface area (Å²) in [6.45, 7) is 18.6. The van der Waals surface area contributed by atoms with Gasteiger partial charge in [-0.1, -0.05) is 83.0 Å². The summed E-state index contributed by atoms with van der Waals surface area (Å²) in [4.78, 5) is 38.2. The van der Waals surface area contributed by atoms with E-state index in [1.807, 2.05) is 65.9 Å². The molecule has 0 radical (unpaired) electrons. The van der Waals surface area contributed by atoms with Gasteiger partial charge in [-0.2, -0.15) is 0 Å². The van der Waals surface area contributed by atoms with Gasteiger partial charge in [0.05, 0.1) is 73.1 Å². The average Bonchev–Trinajstić information content (AvgIpc) is 3.54. The molecule has 2 aromatic carbocycles. The Morgan fingerprint density at radius 1 is 0.815 bits per heavy atom. The Balaban J connectivity index is 1.24. The van der Waals surface area contributed by atoms with Gasteiger partial charge in [-0.25, -0.2) is 4.98 Å². The Morgan fingerprint density at radius 2 is 1.43 bits per heavy atom. The standard InChI is InChI=1S/C65H103N3O12P/c1-14-56-65(10,75)60(71)47(6)68(58(69)33-24-16-15-17-27-35-81(50-28-20-18-21-29-50,51-30-22-19-23-31-51)57-32-25-26-34-66-57)40-43(2)38-63(8,74)53(37-55-59(70)54(67(11)12)36-44(3)78-55)45(4)52(46(5)62(73)80-56)42-77-41-49-39-64(9,76-13)61(72)48(7)79-49/h18-23,25-26,28-32,34,43-49,52-56,59-61,70-72,74-75H,14-17,24,27,33,35-42H2,1-13H3/q+1/t43-,44-,45+,46-,47-,48+,49-,52+,53-,54+,55+,56-,59-,60-,61+,63-,64-,65-/m1/s1. The lowest BCUT2D eigenvalue weighted by atomic mass is 9.66. The molecule has 4 heterocycles. The molecule has 3 aliphatic rings. The van der Waals surface area contributed by atoms with E-state index in [1.54, 1.807) is 39.7 Å². The molecule has 0 saturated carbocycles. The van der Waals surface area contributed by atoms with Crippen LogP contribution in [0, 0.1) is 29.6 Å². The van der Waals surface area contributed by atoms with Gasteiger partial charge >= 0.3 is 5.97 Å². The smallest absolute Gasteiger partial charge is 0.309 e. The Hall–Kier alpha value is -3.44. The van der Waals surface area contributed by atoms with E-state index in [4.69, 9.17) is 28.7 Å². The predicted octanol–water partition coefficient (Wildman–Crippen LogP) is 7.48. The Kier molecular flexibility index (Phi) is 24.4. The van der Waals surface area contributed by atoms with Gasteiger partial charge in [-0.3, -0.25) is 9.59 Å². The molecule has 1 amide bonds. The van der Waals surface area contributed by atoms with Crippen molar-refractivity contribution in [2.45, 2.75) is 218 Å². The van der Waals surface area contributed by atoms with Crippen LogP contribution in [0.3, 0.4) is 0 Å². The van der Waals surface area contributed by atoms with Gasteiger partial charge in [0.2, 0.25) is 5.91 Å². The molecule has 3 fully saturated rings. The van der Waals surface area contributed by atoms with Crippen LogP contribution in [0.5, 0.6) is 0 Å². The van der Waals surface area contributed by atoms with Crippen LogP contribution in [-0.2, 0) is 33.3 Å². The summed E-state index contributed by atoms with van der Waals surface area (Å²) >= 11 is 0. The molecule has 3 aromatic rings. The second-order valence-electron chi connectivity index (χ2n) is 25.4. The number of hydrogen-bond acceptors (Lipinski definition) is 14. The minimum absolute atomic E-state index is 0.0642. The van der Waals surface area contributed by atoms with Crippen LogP contribution in [0.1, 0.15) is 140 Å². The number of aliphatic hydroxyl groups is 5. The van der Waals surface area contributed by atoms with Crippen LogP contribution >= 0.6 is 7.26 Å². The quantitative estimate of drug-likeness (QED) is 0.0424. The van der Waals surface area contributed by atoms with Crippen molar-refractivity contribution in [3.63, 3.8) is 0 Å². The summed E-state index contributed by atoms with van der Waals surface area (Å²) in [5.41, 5.74) is -3.16. The van der Waals surface area contributed by atoms with Crippen LogP contribution in [0.25, 0.3) is 0 Å². The molecule has 0 unspecified atom stereocenters. The van der Waals surface area contributed by atoms with E-state index in [0.29, 0.717) is 19.3 Å². The number of hydrogen-bond donors (Lipinski definition) is 5. The molecule has 0 bridgehead atoms. The summed E-state index contributed by atoms with van der Waals surface area (Å²) < 4.78 is 31.4. The Bertz CT molecular complexity index is 2270. The van der Waals surface area contributed by atoms with Crippen LogP contribution in [0.4, 0.5) is 0 Å². The van der Waals surface area contributed by atoms with E-state index in [0.717, 1.165) is 37.3 Å². The molecule has 6 rings (SSSR count). The first-order valence-corrected chi connectivity index (χ1v) is 32.3. The number of aliphatic hydroxyl groups excluding tert-OH is 3. The van der Waals surface area contributed by atoms with Gasteiger partial charge in [0.25, 0.3) is 0 Å². The maximum Gasteiger partial charge on any atom is 0.309 e. The number of unbranched alkanes of at least 4 members (excludes halogenated alkanes) is 4. The molecule has 5 N–H and O–H groups in total. The monoisotopic (exact) mass is 1150 g/mol. The molecular formula is C65H103N3O12P+. The minimum Gasteiger partial charge on any atom is -0.459 e. The third-order valence-electron chi connectivity index (χ3n) is 19.0. The van der Waals surface area contributed by atoms with Crippen molar-refractivity contribution in [1.29, 1.82) is 0 Å². The average molecular weight is 1150 g/mol. The lowest BCUT2D eigenvalue weighted by Crippen LogP contribution is -2.60. The molecule has 3 aliphatic heterocycles. The second-order valence-corrected chi connectivity index (χ2v) is 29.0. The fourth-order valence-corrected chi connectivity index (χ4v) is 18.2. The molecule has 3 saturated heterocycles. The molecule has 81 heavy (non-hydrogen) atoms. The maximum absolute atomic E-state index is 14.8. The molecule has 18 atom stereocenters. The van der Waals surface area contributed by atoms with Gasteiger partial charge in [-0.15, -0.1) is 0 Å². The van der Waals surface area contributed by atoms with Crippen molar-refractivity contribution in [2.24, 2.45) is 29.6 Å². The first-order chi connectivity index (χ1) is 38.3. The molecule has 0 aliphatic carbocycles.